The summed E-state index contributed by atoms with van der Waals surface area (Å²) in [7, 11) is 1.54. The lowest BCUT2D eigenvalue weighted by Gasteiger charge is -2.40. The Morgan fingerprint density at radius 2 is 1.65 bits per heavy atom. The van der Waals surface area contributed by atoms with E-state index < -0.39 is 17.4 Å². The minimum absolute atomic E-state index is 0.0737. The smallest absolute Gasteiger partial charge is 0.272 e. The normalized spacial score (nSPS) is 17.3. The summed E-state index contributed by atoms with van der Waals surface area (Å²) in [4.78, 5) is 40.0. The van der Waals surface area contributed by atoms with Gasteiger partial charge in [-0.15, -0.1) is 0 Å². The van der Waals surface area contributed by atoms with Crippen LogP contribution in [0.1, 0.15) is 39.0 Å². The van der Waals surface area contributed by atoms with Gasteiger partial charge in [-0.25, -0.2) is 4.39 Å². The highest BCUT2D eigenvalue weighted by Gasteiger charge is 2.46. The van der Waals surface area contributed by atoms with Crippen LogP contribution in [-0.2, 0) is 24.4 Å². The first-order valence-corrected chi connectivity index (χ1v) is 11.0. The van der Waals surface area contributed by atoms with E-state index in [-0.39, 0.29) is 42.7 Å². The third kappa shape index (κ3) is 4.65. The Labute approximate surface area is 200 Å². The van der Waals surface area contributed by atoms with E-state index in [0.717, 1.165) is 11.1 Å². The highest BCUT2D eigenvalue weighted by Crippen LogP contribution is 2.26. The number of aromatic nitrogens is 2. The molecule has 176 valence electrons. The van der Waals surface area contributed by atoms with Gasteiger partial charge >= 0.3 is 0 Å². The highest BCUT2D eigenvalue weighted by atomic mass is 35.5. The van der Waals surface area contributed by atoms with Gasteiger partial charge in [0.2, 0.25) is 5.91 Å². The second-order valence-corrected chi connectivity index (χ2v) is 8.77. The van der Waals surface area contributed by atoms with Gasteiger partial charge in [0, 0.05) is 31.2 Å². The monoisotopic (exact) mass is 483 g/mol. The zero-order valence-electron chi connectivity index (χ0n) is 18.6. The first kappa shape index (κ1) is 23.4. The van der Waals surface area contributed by atoms with Gasteiger partial charge < -0.3 is 15.5 Å². The fourth-order valence-corrected chi connectivity index (χ4v) is 3.81. The molecule has 1 aliphatic rings. The third-order valence-electron chi connectivity index (χ3n) is 5.96. The van der Waals surface area contributed by atoms with Crippen molar-refractivity contribution in [1.29, 1.82) is 0 Å². The van der Waals surface area contributed by atoms with E-state index in [1.54, 1.807) is 43.3 Å². The van der Waals surface area contributed by atoms with Crippen LogP contribution in [-0.4, -0.2) is 45.0 Å². The summed E-state index contributed by atoms with van der Waals surface area (Å²) in [6, 6.07) is 14.3. The lowest BCUT2D eigenvalue weighted by Crippen LogP contribution is -2.62. The maximum Gasteiger partial charge on any atom is 0.272 e. The van der Waals surface area contributed by atoms with Gasteiger partial charge in [-0.1, -0.05) is 35.9 Å². The van der Waals surface area contributed by atoms with Crippen LogP contribution >= 0.6 is 11.6 Å². The molecule has 0 saturated carbocycles. The van der Waals surface area contributed by atoms with Crippen molar-refractivity contribution in [2.24, 2.45) is 0 Å². The molecule has 1 atom stereocenters. The Balaban J connectivity index is 1.46. The Bertz CT molecular complexity index is 1240. The van der Waals surface area contributed by atoms with Crippen molar-refractivity contribution >= 4 is 29.3 Å². The Morgan fingerprint density at radius 1 is 1.06 bits per heavy atom. The maximum atomic E-state index is 13.1. The zero-order valence-corrected chi connectivity index (χ0v) is 19.4. The summed E-state index contributed by atoms with van der Waals surface area (Å²) in [5, 5.41) is 10.4. The molecule has 1 aliphatic heterocycles. The molecule has 2 N–H and O–H groups in total. The molecule has 3 aromatic rings. The van der Waals surface area contributed by atoms with Crippen LogP contribution in [0.25, 0.3) is 0 Å². The van der Waals surface area contributed by atoms with Crippen molar-refractivity contribution in [3.8, 4) is 0 Å². The third-order valence-corrected chi connectivity index (χ3v) is 6.21. The predicted octanol–water partition coefficient (Wildman–Crippen LogP) is 2.77. The van der Waals surface area contributed by atoms with Crippen LogP contribution in [0.4, 0.5) is 4.39 Å². The van der Waals surface area contributed by atoms with Crippen LogP contribution in [0.5, 0.6) is 0 Å². The molecule has 0 fully saturated rings. The SMILES string of the molecule is CN1C(=O)c2cc(C(=O)NCc3ccc(Cl)cc3)nn2C[C@]1(C)C(=O)NCc1ccc(F)cc1. The van der Waals surface area contributed by atoms with Gasteiger partial charge in [0.1, 0.15) is 17.1 Å². The van der Waals surface area contributed by atoms with Crippen LogP contribution in [0.15, 0.2) is 54.6 Å². The quantitative estimate of drug-likeness (QED) is 0.563. The average Bonchev–Trinajstić information content (AvgIpc) is 3.25. The number of carbonyl (C=O) groups is 3. The van der Waals surface area contributed by atoms with Crippen molar-refractivity contribution in [3.63, 3.8) is 0 Å². The number of fused-ring (bicyclic) bond motifs is 1. The fraction of sp³-hybridized carbons (Fsp3) is 0.250. The van der Waals surface area contributed by atoms with E-state index in [9.17, 15) is 18.8 Å². The van der Waals surface area contributed by atoms with E-state index in [2.05, 4.69) is 15.7 Å². The fourth-order valence-electron chi connectivity index (χ4n) is 3.69. The maximum absolute atomic E-state index is 13.1. The Morgan fingerprint density at radius 3 is 2.29 bits per heavy atom. The molecule has 8 nitrogen and oxygen atoms in total. The Kier molecular flexibility index (Phi) is 6.39. The summed E-state index contributed by atoms with van der Waals surface area (Å²) < 4.78 is 14.5. The second-order valence-electron chi connectivity index (χ2n) is 8.33. The molecule has 0 radical (unpaired) electrons. The molecular formula is C24H23ClFN5O3. The molecule has 1 aromatic heterocycles. The molecule has 10 heteroatoms. The van der Waals surface area contributed by atoms with Crippen LogP contribution in [0.3, 0.4) is 0 Å². The number of likely N-dealkylation sites (N-methyl/N-ethyl adjacent to an activating group) is 1. The molecule has 3 amide bonds. The van der Waals surface area contributed by atoms with Gasteiger partial charge in [-0.2, -0.15) is 5.10 Å². The van der Waals surface area contributed by atoms with Crippen molar-refractivity contribution < 1.29 is 18.8 Å². The molecule has 0 bridgehead atoms. The summed E-state index contributed by atoms with van der Waals surface area (Å²) in [6.45, 7) is 2.16. The first-order chi connectivity index (χ1) is 16.2. The topological polar surface area (TPSA) is 96.3 Å². The van der Waals surface area contributed by atoms with Crippen LogP contribution < -0.4 is 10.6 Å². The highest BCUT2D eigenvalue weighted by molar-refractivity contribution is 6.30. The van der Waals surface area contributed by atoms with Crippen molar-refractivity contribution in [2.75, 3.05) is 7.05 Å². The minimum Gasteiger partial charge on any atom is -0.350 e. The van der Waals surface area contributed by atoms with E-state index in [1.807, 2.05) is 0 Å². The van der Waals surface area contributed by atoms with Crippen LogP contribution in [0.2, 0.25) is 5.02 Å². The van der Waals surface area contributed by atoms with E-state index in [0.29, 0.717) is 5.02 Å². The second kappa shape index (κ2) is 9.26. The number of nitrogens with one attached hydrogen (secondary N) is 2. The molecule has 0 unspecified atom stereocenters. The molecule has 2 aromatic carbocycles. The summed E-state index contributed by atoms with van der Waals surface area (Å²) >= 11 is 5.88. The van der Waals surface area contributed by atoms with Crippen molar-refractivity contribution in [2.45, 2.75) is 32.1 Å². The number of amides is 3. The van der Waals surface area contributed by atoms with Crippen molar-refractivity contribution in [3.05, 3.63) is 88.0 Å². The number of carbonyl (C=O) groups excluding carboxylic acids is 3. The Hall–Kier alpha value is -3.72. The molecule has 2 heterocycles. The van der Waals surface area contributed by atoms with Gasteiger partial charge in [-0.3, -0.25) is 19.1 Å². The van der Waals surface area contributed by atoms with Gasteiger partial charge in [0.25, 0.3) is 11.8 Å². The van der Waals surface area contributed by atoms with Gasteiger partial charge in [-0.05, 0) is 42.3 Å². The lowest BCUT2D eigenvalue weighted by atomic mass is 9.96. The summed E-state index contributed by atoms with van der Waals surface area (Å²) in [5.41, 5.74) is 0.669. The van der Waals surface area contributed by atoms with E-state index >= 15 is 0 Å². The number of nitrogens with zero attached hydrogens (tertiary/aromatic N) is 3. The summed E-state index contributed by atoms with van der Waals surface area (Å²) in [6.07, 6.45) is 0. The minimum atomic E-state index is -1.23. The number of benzene rings is 2. The lowest BCUT2D eigenvalue weighted by molar-refractivity contribution is -0.132. The van der Waals surface area contributed by atoms with Gasteiger partial charge in [0.05, 0.1) is 6.54 Å². The molecule has 4 rings (SSSR count). The predicted molar refractivity (Wildman–Crippen MR) is 124 cm³/mol. The van der Waals surface area contributed by atoms with E-state index in [1.165, 1.54) is 34.8 Å². The number of hydrogen-bond acceptors (Lipinski definition) is 4. The molecule has 0 spiro atoms. The molecule has 0 saturated heterocycles. The van der Waals surface area contributed by atoms with Gasteiger partial charge in [0.15, 0.2) is 5.69 Å². The van der Waals surface area contributed by atoms with E-state index in [4.69, 9.17) is 11.6 Å². The molecule has 0 aliphatic carbocycles. The largest absolute Gasteiger partial charge is 0.350 e. The summed E-state index contributed by atoms with van der Waals surface area (Å²) in [5.74, 6) is -1.61. The molecule has 34 heavy (non-hydrogen) atoms. The number of halogens is 2. The van der Waals surface area contributed by atoms with Crippen molar-refractivity contribution in [1.82, 2.24) is 25.3 Å². The number of rotatable bonds is 6. The van der Waals surface area contributed by atoms with Crippen LogP contribution in [0, 0.1) is 5.82 Å². The number of hydrogen-bond donors (Lipinski definition) is 2. The first-order valence-electron chi connectivity index (χ1n) is 10.6. The molecular weight excluding hydrogens is 461 g/mol. The average molecular weight is 484 g/mol. The zero-order chi connectivity index (χ0) is 24.5. The standard InChI is InChI=1S/C24H23ClFN5O3/c1-24(23(34)28-13-16-5-9-18(26)10-6-16)14-31-20(22(33)30(24)2)11-19(29-31)21(32)27-12-15-3-7-17(25)8-4-15/h3-11H,12-14H2,1-2H3,(H,27,32)(H,28,34)/t24-/m1/s1.